The van der Waals surface area contributed by atoms with Gasteiger partial charge in [-0.05, 0) is 45.4 Å². The van der Waals surface area contributed by atoms with Crippen LogP contribution in [0.5, 0.6) is 0 Å². The Morgan fingerprint density at radius 1 is 0.596 bits per heavy atom. The van der Waals surface area contributed by atoms with Crippen molar-refractivity contribution in [3.63, 3.8) is 0 Å². The van der Waals surface area contributed by atoms with E-state index in [1.807, 2.05) is 12.2 Å². The van der Waals surface area contributed by atoms with Crippen molar-refractivity contribution < 1.29 is 37.6 Å². The van der Waals surface area contributed by atoms with E-state index in [1.54, 1.807) is 6.92 Å². The third kappa shape index (κ3) is 33.7. The summed E-state index contributed by atoms with van der Waals surface area (Å²) >= 11 is 0. The summed E-state index contributed by atoms with van der Waals surface area (Å²) in [7, 11) is -4.29. The van der Waals surface area contributed by atoms with Gasteiger partial charge in [-0.25, -0.2) is 4.57 Å². The van der Waals surface area contributed by atoms with Crippen LogP contribution in [0.3, 0.4) is 0 Å². The molecule has 8 nitrogen and oxygen atoms in total. The fourth-order valence-electron chi connectivity index (χ4n) is 4.76. The highest BCUT2D eigenvalue weighted by Crippen LogP contribution is 2.43. The Kier molecular flexibility index (Phi) is 32.5. The molecule has 47 heavy (non-hydrogen) atoms. The number of rotatable bonds is 33. The highest BCUT2D eigenvalue weighted by Gasteiger charge is 2.25. The molecule has 0 aromatic rings. The van der Waals surface area contributed by atoms with E-state index >= 15 is 0 Å². The summed E-state index contributed by atoms with van der Waals surface area (Å²) < 4.78 is 32.4. The molecule has 0 heterocycles. The van der Waals surface area contributed by atoms with Crippen LogP contribution in [-0.4, -0.2) is 42.8 Å². The van der Waals surface area contributed by atoms with Gasteiger partial charge in [0.2, 0.25) is 0 Å². The van der Waals surface area contributed by atoms with Crippen molar-refractivity contribution in [2.24, 2.45) is 0 Å². The first kappa shape index (κ1) is 45.0. The molecule has 272 valence electrons. The molecule has 0 spiro atoms. The molecule has 0 fully saturated rings. The first-order valence-electron chi connectivity index (χ1n) is 18.4. The summed E-state index contributed by atoms with van der Waals surface area (Å²) in [6.45, 7) is 5.25. The molecule has 1 N–H and O–H groups in total. The normalized spacial score (nSPS) is 14.0. The average Bonchev–Trinajstić information content (AvgIpc) is 3.04. The summed E-state index contributed by atoms with van der Waals surface area (Å²) in [6.07, 6.45) is 37.5. The third-order valence-electron chi connectivity index (χ3n) is 7.41. The molecule has 0 amide bonds. The standard InChI is InChI=1S/C38H67O8P/c1-4-7-9-11-13-15-17-19-21-22-24-26-28-30-32-37(39)43-34-36(35-45-47(41,42)44-6-3)46-38(40)33-31-29-27-25-23-20-18-16-14-12-10-8-5-2/h8,10,14,16,20,23,27,29,36H,4-7,9,11-13,15,17-19,21-22,24-26,28,30-35H2,1-3H3,(H,41,42)/b10-8-,16-14-,23-20-,29-27-. The van der Waals surface area contributed by atoms with Gasteiger partial charge in [-0.2, -0.15) is 0 Å². The second kappa shape index (κ2) is 33.9. The monoisotopic (exact) mass is 682 g/mol. The van der Waals surface area contributed by atoms with Gasteiger partial charge in [0.1, 0.15) is 6.61 Å². The van der Waals surface area contributed by atoms with Crippen molar-refractivity contribution in [1.29, 1.82) is 0 Å². The molecule has 0 aliphatic carbocycles. The summed E-state index contributed by atoms with van der Waals surface area (Å²) in [5.74, 6) is -0.893. The van der Waals surface area contributed by atoms with Crippen LogP contribution in [-0.2, 0) is 32.7 Å². The van der Waals surface area contributed by atoms with Gasteiger partial charge in [0.05, 0.1) is 13.2 Å². The van der Waals surface area contributed by atoms with Gasteiger partial charge in [-0.3, -0.25) is 18.6 Å². The minimum Gasteiger partial charge on any atom is -0.462 e. The maximum atomic E-state index is 12.4. The predicted molar refractivity (Wildman–Crippen MR) is 193 cm³/mol. The Morgan fingerprint density at radius 2 is 1.09 bits per heavy atom. The maximum absolute atomic E-state index is 12.4. The largest absolute Gasteiger partial charge is 0.472 e. The molecule has 0 bridgehead atoms. The van der Waals surface area contributed by atoms with Gasteiger partial charge in [0.25, 0.3) is 0 Å². The van der Waals surface area contributed by atoms with Crippen molar-refractivity contribution in [1.82, 2.24) is 0 Å². The van der Waals surface area contributed by atoms with Crippen LogP contribution in [0.4, 0.5) is 0 Å². The molecule has 0 aliphatic rings. The van der Waals surface area contributed by atoms with Gasteiger partial charge in [-0.15, -0.1) is 0 Å². The lowest BCUT2D eigenvalue weighted by atomic mass is 10.0. The van der Waals surface area contributed by atoms with E-state index in [-0.39, 0.29) is 32.0 Å². The van der Waals surface area contributed by atoms with Crippen LogP contribution in [0.15, 0.2) is 48.6 Å². The summed E-state index contributed by atoms with van der Waals surface area (Å²) in [5.41, 5.74) is 0. The van der Waals surface area contributed by atoms with E-state index in [9.17, 15) is 19.0 Å². The lowest BCUT2D eigenvalue weighted by Gasteiger charge is -2.19. The summed E-state index contributed by atoms with van der Waals surface area (Å²) in [4.78, 5) is 34.5. The molecule has 0 aromatic carbocycles. The zero-order chi connectivity index (χ0) is 34.7. The fourth-order valence-corrected chi connectivity index (χ4v) is 5.51. The number of allylic oxidation sites excluding steroid dienone is 8. The zero-order valence-electron chi connectivity index (χ0n) is 29.9. The molecule has 0 saturated heterocycles. The highest BCUT2D eigenvalue weighted by atomic mass is 31.2. The van der Waals surface area contributed by atoms with Crippen LogP contribution >= 0.6 is 7.82 Å². The number of carbonyl (C=O) groups excluding carboxylic acids is 2. The van der Waals surface area contributed by atoms with Crippen molar-refractivity contribution in [2.75, 3.05) is 19.8 Å². The Hall–Kier alpha value is -1.99. The predicted octanol–water partition coefficient (Wildman–Crippen LogP) is 11.1. The number of phosphoric acid groups is 1. The van der Waals surface area contributed by atoms with Crippen LogP contribution in [0.1, 0.15) is 156 Å². The van der Waals surface area contributed by atoms with Gasteiger partial charge in [0.15, 0.2) is 6.10 Å². The van der Waals surface area contributed by atoms with Gasteiger partial charge < -0.3 is 14.4 Å². The minimum absolute atomic E-state index is 0.0126. The molecule has 0 aromatic heterocycles. The number of hydrogen-bond acceptors (Lipinski definition) is 7. The summed E-state index contributed by atoms with van der Waals surface area (Å²) in [6, 6.07) is 0. The van der Waals surface area contributed by atoms with Crippen LogP contribution in [0, 0.1) is 0 Å². The van der Waals surface area contributed by atoms with Crippen LogP contribution in [0.25, 0.3) is 0 Å². The quantitative estimate of drug-likeness (QED) is 0.0315. The second-order valence-electron chi connectivity index (χ2n) is 11.9. The topological polar surface area (TPSA) is 108 Å². The van der Waals surface area contributed by atoms with Gasteiger partial charge in [-0.1, -0.05) is 146 Å². The highest BCUT2D eigenvalue weighted by molar-refractivity contribution is 7.47. The van der Waals surface area contributed by atoms with Crippen molar-refractivity contribution >= 4 is 19.8 Å². The summed E-state index contributed by atoms with van der Waals surface area (Å²) in [5, 5.41) is 0. The van der Waals surface area contributed by atoms with Gasteiger partial charge in [0, 0.05) is 12.8 Å². The van der Waals surface area contributed by atoms with E-state index in [2.05, 4.69) is 50.3 Å². The SMILES string of the molecule is CC/C=C\C/C=C\C/C=C\C/C=C\CCC(=O)OC(COC(=O)CCCCCCCCCCCCCCCC)COP(=O)(O)OCC. The fraction of sp³-hybridized carbons (Fsp3) is 0.737. The van der Waals surface area contributed by atoms with E-state index in [1.165, 1.54) is 70.6 Å². The lowest BCUT2D eigenvalue weighted by Crippen LogP contribution is -2.29. The van der Waals surface area contributed by atoms with Crippen LogP contribution in [0.2, 0.25) is 0 Å². The second-order valence-corrected chi connectivity index (χ2v) is 13.3. The average molecular weight is 683 g/mol. The number of esters is 2. The lowest BCUT2D eigenvalue weighted by molar-refractivity contribution is -0.161. The number of phosphoric ester groups is 1. The molecule has 9 heteroatoms. The van der Waals surface area contributed by atoms with Crippen molar-refractivity contribution in [3.05, 3.63) is 48.6 Å². The number of hydrogen-bond donors (Lipinski definition) is 1. The maximum Gasteiger partial charge on any atom is 0.472 e. The van der Waals surface area contributed by atoms with E-state index in [4.69, 9.17) is 18.5 Å². The number of unbranched alkanes of at least 4 members (excludes halogenated alkanes) is 13. The number of ether oxygens (including phenoxy) is 2. The Bertz CT molecular complexity index is 911. The first-order chi connectivity index (χ1) is 22.8. The smallest absolute Gasteiger partial charge is 0.462 e. The molecular weight excluding hydrogens is 615 g/mol. The third-order valence-corrected chi connectivity index (χ3v) is 8.47. The first-order valence-corrected chi connectivity index (χ1v) is 19.9. The Balaban J connectivity index is 4.26. The zero-order valence-corrected chi connectivity index (χ0v) is 30.8. The minimum atomic E-state index is -4.29. The van der Waals surface area contributed by atoms with Crippen molar-refractivity contribution in [2.45, 2.75) is 162 Å². The van der Waals surface area contributed by atoms with E-state index < -0.39 is 26.5 Å². The number of carbonyl (C=O) groups is 2. The molecule has 0 aliphatic heterocycles. The molecule has 0 radical (unpaired) electrons. The van der Waals surface area contributed by atoms with E-state index in [0.29, 0.717) is 6.42 Å². The van der Waals surface area contributed by atoms with Crippen LogP contribution < -0.4 is 0 Å². The molecule has 0 rings (SSSR count). The Morgan fingerprint density at radius 3 is 1.60 bits per heavy atom. The van der Waals surface area contributed by atoms with Crippen molar-refractivity contribution in [3.8, 4) is 0 Å². The molecule has 2 atom stereocenters. The van der Waals surface area contributed by atoms with E-state index in [0.717, 1.165) is 44.9 Å². The Labute approximate surface area is 287 Å². The molecule has 0 saturated carbocycles. The molecule has 2 unspecified atom stereocenters. The molecular formula is C38H67O8P. The van der Waals surface area contributed by atoms with Gasteiger partial charge >= 0.3 is 19.8 Å².